The van der Waals surface area contributed by atoms with E-state index in [9.17, 15) is 9.90 Å². The lowest BCUT2D eigenvalue weighted by molar-refractivity contribution is 0.101. The van der Waals surface area contributed by atoms with Crippen LogP contribution < -0.4 is 9.47 Å². The fraction of sp³-hybridized carbons (Fsp3) is 0.370. The van der Waals surface area contributed by atoms with Gasteiger partial charge in [0.05, 0.1) is 18.2 Å². The monoisotopic (exact) mass is 446 g/mol. The molecule has 3 heterocycles. The van der Waals surface area contributed by atoms with Crippen molar-refractivity contribution < 1.29 is 19.4 Å². The number of methoxy groups -OCH3 is 1. The number of piperidine rings is 1. The number of aromatic hydroxyl groups is 1. The van der Waals surface area contributed by atoms with Crippen molar-refractivity contribution in [3.05, 3.63) is 59.0 Å². The maximum atomic E-state index is 13.2. The molecular formula is C27H30N2O4. The third-order valence-corrected chi connectivity index (χ3v) is 6.76. The van der Waals surface area contributed by atoms with Crippen LogP contribution in [0.4, 0.5) is 0 Å². The minimum atomic E-state index is -0.161. The molecule has 2 aromatic carbocycles. The highest BCUT2D eigenvalue weighted by molar-refractivity contribution is 6.15. The molecule has 33 heavy (non-hydrogen) atoms. The fourth-order valence-corrected chi connectivity index (χ4v) is 5.38. The smallest absolute Gasteiger partial charge is 0.231 e. The number of Topliss-reactive ketones (excluding diaryl/α,β-unsaturated/α-hetero) is 1. The summed E-state index contributed by atoms with van der Waals surface area (Å²) in [7, 11) is 3.61. The molecule has 2 aliphatic heterocycles. The molecule has 6 heteroatoms. The van der Waals surface area contributed by atoms with Crippen molar-refractivity contribution in [2.75, 3.05) is 20.2 Å². The highest BCUT2D eigenvalue weighted by Gasteiger charge is 2.33. The molecule has 0 radical (unpaired) electrons. The summed E-state index contributed by atoms with van der Waals surface area (Å²) in [5.74, 6) is 2.73. The molecule has 0 saturated carbocycles. The second-order valence-corrected chi connectivity index (χ2v) is 9.60. The summed E-state index contributed by atoms with van der Waals surface area (Å²) in [6.07, 6.45) is 4.98. The Hall–Kier alpha value is -3.25. The number of phenols is 1. The van der Waals surface area contributed by atoms with Crippen LogP contribution in [0.1, 0.15) is 41.8 Å². The van der Waals surface area contributed by atoms with Crippen LogP contribution in [0, 0.1) is 11.8 Å². The Labute approximate surface area is 194 Å². The zero-order valence-electron chi connectivity index (χ0n) is 19.6. The van der Waals surface area contributed by atoms with Crippen LogP contribution in [0.3, 0.4) is 0 Å². The molecule has 1 fully saturated rings. The van der Waals surface area contributed by atoms with Crippen LogP contribution in [-0.4, -0.2) is 40.6 Å². The van der Waals surface area contributed by atoms with Crippen molar-refractivity contribution in [2.45, 2.75) is 26.8 Å². The molecular weight excluding hydrogens is 416 g/mol. The van der Waals surface area contributed by atoms with Crippen molar-refractivity contribution in [3.63, 3.8) is 0 Å². The van der Waals surface area contributed by atoms with Crippen LogP contribution in [-0.2, 0) is 13.6 Å². The SMILES string of the molecule is COc1ccc2c(c1)c(/C=C1\Oc3c(ccc(O)c3CN3C[C@H](C)C[C@@H](C)C3)C1=O)cn2C. The quantitative estimate of drug-likeness (QED) is 0.572. The number of hydrogen-bond acceptors (Lipinski definition) is 5. The van der Waals surface area contributed by atoms with Crippen LogP contribution >= 0.6 is 0 Å². The number of fused-ring (bicyclic) bond motifs is 2. The number of carbonyl (C=O) groups is 1. The molecule has 6 nitrogen and oxygen atoms in total. The molecule has 1 saturated heterocycles. The number of aryl methyl sites for hydroxylation is 1. The Balaban J connectivity index is 1.50. The summed E-state index contributed by atoms with van der Waals surface area (Å²) >= 11 is 0. The van der Waals surface area contributed by atoms with Crippen molar-refractivity contribution in [3.8, 4) is 17.2 Å². The Morgan fingerprint density at radius 3 is 2.67 bits per heavy atom. The van der Waals surface area contributed by atoms with Gasteiger partial charge in [0.2, 0.25) is 5.78 Å². The van der Waals surface area contributed by atoms with Crippen LogP contribution in [0.15, 0.2) is 42.3 Å². The van der Waals surface area contributed by atoms with Crippen molar-refractivity contribution in [1.29, 1.82) is 0 Å². The molecule has 3 aromatic rings. The number of benzene rings is 2. The molecule has 0 spiro atoms. The van der Waals surface area contributed by atoms with E-state index in [1.54, 1.807) is 25.3 Å². The van der Waals surface area contributed by atoms with E-state index in [0.29, 0.717) is 35.3 Å². The molecule has 2 atom stereocenters. The van der Waals surface area contributed by atoms with E-state index >= 15 is 0 Å². The number of hydrogen-bond donors (Lipinski definition) is 1. The fourth-order valence-electron chi connectivity index (χ4n) is 5.38. The topological polar surface area (TPSA) is 63.9 Å². The minimum absolute atomic E-state index is 0.161. The van der Waals surface area contributed by atoms with E-state index in [1.165, 1.54) is 6.42 Å². The number of aromatic nitrogens is 1. The Kier molecular flexibility index (Phi) is 5.41. The molecule has 1 N–H and O–H groups in total. The first-order valence-corrected chi connectivity index (χ1v) is 11.5. The molecule has 2 aliphatic rings. The van der Waals surface area contributed by atoms with Crippen molar-refractivity contribution in [2.24, 2.45) is 18.9 Å². The normalized spacial score (nSPS) is 22.1. The van der Waals surface area contributed by atoms with Gasteiger partial charge in [-0.1, -0.05) is 13.8 Å². The zero-order chi connectivity index (χ0) is 23.3. The summed E-state index contributed by atoms with van der Waals surface area (Å²) in [6, 6.07) is 9.15. The van der Waals surface area contributed by atoms with Gasteiger partial charge < -0.3 is 19.1 Å². The van der Waals surface area contributed by atoms with E-state index in [4.69, 9.17) is 9.47 Å². The summed E-state index contributed by atoms with van der Waals surface area (Å²) in [5, 5.41) is 11.6. The number of allylic oxidation sites excluding steroid dienone is 1. The number of ether oxygens (including phenoxy) is 2. The lowest BCUT2D eigenvalue weighted by Crippen LogP contribution is -2.38. The number of rotatable bonds is 4. The summed E-state index contributed by atoms with van der Waals surface area (Å²) in [6.45, 7) is 7.04. The second kappa shape index (κ2) is 8.27. The molecule has 5 rings (SSSR count). The molecule has 0 unspecified atom stereocenters. The van der Waals surface area contributed by atoms with Gasteiger partial charge in [-0.05, 0) is 54.7 Å². The lowest BCUT2D eigenvalue weighted by atomic mass is 9.91. The van der Waals surface area contributed by atoms with E-state index in [1.807, 2.05) is 36.0 Å². The Morgan fingerprint density at radius 2 is 1.94 bits per heavy atom. The summed E-state index contributed by atoms with van der Waals surface area (Å²) in [4.78, 5) is 15.6. The largest absolute Gasteiger partial charge is 0.507 e. The number of likely N-dealkylation sites (tertiary alicyclic amines) is 1. The van der Waals surface area contributed by atoms with Gasteiger partial charge in [0, 0.05) is 49.3 Å². The molecule has 1 aromatic heterocycles. The van der Waals surface area contributed by atoms with Gasteiger partial charge in [-0.2, -0.15) is 0 Å². The average molecular weight is 447 g/mol. The molecule has 172 valence electrons. The first kappa shape index (κ1) is 21.6. The minimum Gasteiger partial charge on any atom is -0.507 e. The van der Waals surface area contributed by atoms with Crippen molar-refractivity contribution >= 4 is 22.8 Å². The van der Waals surface area contributed by atoms with Gasteiger partial charge in [-0.25, -0.2) is 0 Å². The number of carbonyl (C=O) groups excluding carboxylic acids is 1. The maximum Gasteiger partial charge on any atom is 0.231 e. The lowest BCUT2D eigenvalue weighted by Gasteiger charge is -2.35. The standard InChI is InChI=1S/C27H30N2O4/c1-16-9-17(2)13-29(12-16)15-22-24(30)8-6-20-26(31)25(33-27(20)22)10-18-14-28(3)23-7-5-19(32-4)11-21(18)23/h5-8,10-11,14,16-17,30H,9,12-13,15H2,1-4H3/b25-10-/t16-,17-/m1/s1. The predicted molar refractivity (Wildman–Crippen MR) is 129 cm³/mol. The van der Waals surface area contributed by atoms with Crippen molar-refractivity contribution in [1.82, 2.24) is 9.47 Å². The Bertz CT molecular complexity index is 1260. The third-order valence-electron chi connectivity index (χ3n) is 6.76. The molecule has 0 aliphatic carbocycles. The molecule has 0 amide bonds. The molecule has 0 bridgehead atoms. The second-order valence-electron chi connectivity index (χ2n) is 9.60. The highest BCUT2D eigenvalue weighted by atomic mass is 16.5. The summed E-state index contributed by atoms with van der Waals surface area (Å²) < 4.78 is 13.5. The zero-order valence-corrected chi connectivity index (χ0v) is 19.6. The number of nitrogens with zero attached hydrogens (tertiary/aromatic N) is 2. The number of phenolic OH excluding ortho intramolecular Hbond substituents is 1. The first-order chi connectivity index (χ1) is 15.8. The van der Waals surface area contributed by atoms with Gasteiger partial charge in [0.1, 0.15) is 17.2 Å². The van der Waals surface area contributed by atoms with Gasteiger partial charge >= 0.3 is 0 Å². The van der Waals surface area contributed by atoms with E-state index in [-0.39, 0.29) is 17.3 Å². The average Bonchev–Trinajstić information content (AvgIpc) is 3.26. The highest BCUT2D eigenvalue weighted by Crippen LogP contribution is 2.41. The maximum absolute atomic E-state index is 13.2. The van der Waals surface area contributed by atoms with Crippen LogP contribution in [0.2, 0.25) is 0 Å². The summed E-state index contributed by atoms with van der Waals surface area (Å²) in [5.41, 5.74) is 3.11. The first-order valence-electron chi connectivity index (χ1n) is 11.5. The van der Waals surface area contributed by atoms with Gasteiger partial charge in [-0.3, -0.25) is 9.69 Å². The van der Waals surface area contributed by atoms with Gasteiger partial charge in [-0.15, -0.1) is 0 Å². The van der Waals surface area contributed by atoms with Crippen LogP contribution in [0.5, 0.6) is 17.2 Å². The van der Waals surface area contributed by atoms with E-state index in [2.05, 4.69) is 18.7 Å². The van der Waals surface area contributed by atoms with Gasteiger partial charge in [0.15, 0.2) is 5.76 Å². The van der Waals surface area contributed by atoms with Gasteiger partial charge in [0.25, 0.3) is 0 Å². The van der Waals surface area contributed by atoms with Crippen LogP contribution in [0.25, 0.3) is 17.0 Å². The predicted octanol–water partition coefficient (Wildman–Crippen LogP) is 4.99. The number of ketones is 1. The third kappa shape index (κ3) is 3.89. The Morgan fingerprint density at radius 1 is 1.18 bits per heavy atom. The van der Waals surface area contributed by atoms with E-state index < -0.39 is 0 Å². The van der Waals surface area contributed by atoms with E-state index in [0.717, 1.165) is 35.3 Å².